The third kappa shape index (κ3) is 67.1. The van der Waals surface area contributed by atoms with Gasteiger partial charge in [-0.1, -0.05) is 151 Å². The van der Waals surface area contributed by atoms with Crippen LogP contribution < -0.4 is 5.73 Å². The molecular weight excluding hydrogens is 626 g/mol. The average molecular weight is 704 g/mol. The number of ketones is 4. The Hall–Kier alpha value is -3.19. The summed E-state index contributed by atoms with van der Waals surface area (Å²) in [5, 5.41) is 0. The molecule has 2 N–H and O–H groups in total. The molecule has 0 unspecified atom stereocenters. The van der Waals surface area contributed by atoms with E-state index < -0.39 is 5.91 Å². The fraction of sp³-hybridized carbons (Fsp3) is 0.651. The molecule has 0 atom stereocenters. The zero-order valence-electron chi connectivity index (χ0n) is 33.1. The molecule has 0 aromatic heterocycles. The third-order valence-electron chi connectivity index (χ3n) is 6.91. The van der Waals surface area contributed by atoms with Crippen molar-refractivity contribution in [1.82, 2.24) is 0 Å². The predicted octanol–water partition coefficient (Wildman–Crippen LogP) is 11.2. The van der Waals surface area contributed by atoms with E-state index in [1.54, 1.807) is 0 Å². The summed E-state index contributed by atoms with van der Waals surface area (Å²) in [7, 11) is 0. The lowest BCUT2D eigenvalue weighted by molar-refractivity contribution is -0.116. The van der Waals surface area contributed by atoms with E-state index in [1.165, 1.54) is 94.9 Å². The van der Waals surface area contributed by atoms with Crippen LogP contribution in [0.2, 0.25) is 0 Å². The van der Waals surface area contributed by atoms with Gasteiger partial charge in [-0.15, -0.1) is 0 Å². The van der Waals surface area contributed by atoms with Crippen LogP contribution >= 0.6 is 0 Å². The maximum Gasteiger partial charge on any atom is 0.240 e. The molecule has 0 aromatic carbocycles. The van der Waals surface area contributed by atoms with Crippen LogP contribution in [0.1, 0.15) is 163 Å². The molecular formula is C43H77NO6. The normalized spacial score (nSPS) is 9.40. The minimum absolute atomic E-state index is 0.0569. The van der Waals surface area contributed by atoms with Crippen LogP contribution in [-0.2, 0) is 28.7 Å². The highest BCUT2D eigenvalue weighted by atomic mass is 16.5. The van der Waals surface area contributed by atoms with Crippen molar-refractivity contribution in [3.05, 3.63) is 63.3 Å². The molecule has 0 aromatic rings. The van der Waals surface area contributed by atoms with E-state index >= 15 is 0 Å². The van der Waals surface area contributed by atoms with Crippen molar-refractivity contribution in [1.29, 1.82) is 0 Å². The highest BCUT2D eigenvalue weighted by molar-refractivity contribution is 5.90. The smallest absolute Gasteiger partial charge is 0.240 e. The lowest BCUT2D eigenvalue weighted by atomic mass is 10.0. The largest absolute Gasteiger partial charge is 0.381 e. The monoisotopic (exact) mass is 704 g/mol. The van der Waals surface area contributed by atoms with E-state index in [4.69, 9.17) is 4.74 Å². The van der Waals surface area contributed by atoms with Gasteiger partial charge < -0.3 is 10.5 Å². The summed E-state index contributed by atoms with van der Waals surface area (Å²) < 4.78 is 5.18. The summed E-state index contributed by atoms with van der Waals surface area (Å²) >= 11 is 0. The van der Waals surface area contributed by atoms with Crippen molar-refractivity contribution in [2.75, 3.05) is 13.2 Å². The highest BCUT2D eigenvalue weighted by Crippen LogP contribution is 2.12. The van der Waals surface area contributed by atoms with Gasteiger partial charge in [-0.3, -0.25) is 24.0 Å². The molecule has 0 aliphatic carbocycles. The Morgan fingerprint density at radius 3 is 1.12 bits per heavy atom. The van der Waals surface area contributed by atoms with Gasteiger partial charge in [0.2, 0.25) is 5.91 Å². The molecule has 0 aliphatic heterocycles. The van der Waals surface area contributed by atoms with E-state index in [1.807, 2.05) is 13.8 Å². The molecule has 0 rings (SSSR count). The SMILES string of the molecule is C=CC(=O)CC(C)C.C=CC(=O)CCCCC.C=CC(=O)CCCCCCCCCCCCC.C=CC(=O)CCOCCCC.C=CC(N)=O. The van der Waals surface area contributed by atoms with E-state index in [0.717, 1.165) is 44.8 Å². The summed E-state index contributed by atoms with van der Waals surface area (Å²) in [6.45, 7) is 28.5. The maximum absolute atomic E-state index is 11.0. The standard InChI is InChI=1S/C16H30O.C9H16O2.C8H14O.C7H12O.C3H5NO/c1-3-5-6-7-8-9-10-11-12-13-14-15-16(17)4-2;1-3-5-7-11-8-6-9(10)4-2;1-3-5-6-7-8(9)4-2;1-4-7(8)5-6(2)3;1-2-3(4)5/h4H,2-3,5-15H2,1H3;4H,2-3,5-8H2,1H3;4H,2-3,5-7H2,1H3;4,6H,1,5H2,2-3H3;2H,1H2,(H2,4,5). The first kappa shape index (κ1) is 56.2. The predicted molar refractivity (Wildman–Crippen MR) is 215 cm³/mol. The first-order valence-electron chi connectivity index (χ1n) is 19.0. The second-order valence-electron chi connectivity index (χ2n) is 12.3. The Morgan fingerprint density at radius 1 is 0.480 bits per heavy atom. The molecule has 7 heteroatoms. The number of rotatable bonds is 29. The molecule has 0 spiro atoms. The molecule has 290 valence electrons. The summed E-state index contributed by atoms with van der Waals surface area (Å²) in [5.41, 5.74) is 4.53. The van der Waals surface area contributed by atoms with Gasteiger partial charge in [-0.2, -0.15) is 0 Å². The Kier molecular flexibility index (Phi) is 56.4. The number of ether oxygens (including phenoxy) is 1. The van der Waals surface area contributed by atoms with E-state index in [2.05, 4.69) is 59.4 Å². The second kappa shape index (κ2) is 50.2. The maximum atomic E-state index is 11.0. The number of carbonyl (C=O) groups is 5. The van der Waals surface area contributed by atoms with Crippen molar-refractivity contribution in [3.8, 4) is 0 Å². The first-order chi connectivity index (χ1) is 23.9. The zero-order chi connectivity index (χ0) is 39.3. The summed E-state index contributed by atoms with van der Waals surface area (Å²) in [4.78, 5) is 52.1. The van der Waals surface area contributed by atoms with Gasteiger partial charge in [0, 0.05) is 32.3 Å². The highest BCUT2D eigenvalue weighted by Gasteiger charge is 1.98. The number of unbranched alkanes of at least 4 members (excludes halogenated alkanes) is 13. The second-order valence-corrected chi connectivity index (χ2v) is 12.3. The number of allylic oxidation sites excluding steroid dienone is 4. The van der Waals surface area contributed by atoms with Gasteiger partial charge >= 0.3 is 0 Å². The lowest BCUT2D eigenvalue weighted by Crippen LogP contribution is -2.04. The summed E-state index contributed by atoms with van der Waals surface area (Å²) in [6, 6.07) is 0. The van der Waals surface area contributed by atoms with Crippen LogP contribution in [-0.4, -0.2) is 42.3 Å². The Labute approximate surface area is 308 Å². The van der Waals surface area contributed by atoms with Crippen LogP contribution in [0, 0.1) is 5.92 Å². The molecule has 0 saturated heterocycles. The fourth-order valence-electron chi connectivity index (χ4n) is 3.83. The van der Waals surface area contributed by atoms with E-state index in [-0.39, 0.29) is 23.1 Å². The van der Waals surface area contributed by atoms with E-state index in [9.17, 15) is 24.0 Å². The molecule has 0 radical (unpaired) electrons. The molecule has 7 nitrogen and oxygen atoms in total. The zero-order valence-corrected chi connectivity index (χ0v) is 33.1. The number of hydrogen-bond donors (Lipinski definition) is 1. The Bertz CT molecular complexity index is 875. The van der Waals surface area contributed by atoms with Gasteiger partial charge in [0.05, 0.1) is 6.61 Å². The van der Waals surface area contributed by atoms with E-state index in [0.29, 0.717) is 38.2 Å². The lowest BCUT2D eigenvalue weighted by Gasteiger charge is -2.01. The number of nitrogens with two attached hydrogens (primary N) is 1. The molecule has 0 fully saturated rings. The van der Waals surface area contributed by atoms with Gasteiger partial charge in [-0.05, 0) is 55.6 Å². The average Bonchev–Trinajstić information content (AvgIpc) is 3.10. The number of hydrogen-bond acceptors (Lipinski definition) is 6. The van der Waals surface area contributed by atoms with Crippen LogP contribution in [0.5, 0.6) is 0 Å². The van der Waals surface area contributed by atoms with Gasteiger partial charge in [-0.25, -0.2) is 0 Å². The topological polar surface area (TPSA) is 121 Å². The summed E-state index contributed by atoms with van der Waals surface area (Å²) in [6.07, 6.45) is 29.3. The van der Waals surface area contributed by atoms with Crippen molar-refractivity contribution in [2.24, 2.45) is 11.7 Å². The van der Waals surface area contributed by atoms with Crippen LogP contribution in [0.4, 0.5) is 0 Å². The minimum atomic E-state index is -0.481. The Balaban J connectivity index is -0.000000179. The van der Waals surface area contributed by atoms with Crippen LogP contribution in [0.25, 0.3) is 0 Å². The Morgan fingerprint density at radius 2 is 0.800 bits per heavy atom. The minimum Gasteiger partial charge on any atom is -0.381 e. The molecule has 0 saturated carbocycles. The van der Waals surface area contributed by atoms with Crippen LogP contribution in [0.3, 0.4) is 0 Å². The van der Waals surface area contributed by atoms with Crippen molar-refractivity contribution < 1.29 is 28.7 Å². The van der Waals surface area contributed by atoms with Gasteiger partial charge in [0.25, 0.3) is 0 Å². The third-order valence-corrected chi connectivity index (χ3v) is 6.91. The summed E-state index contributed by atoms with van der Waals surface area (Å²) in [5.74, 6) is 0.538. The van der Waals surface area contributed by atoms with Gasteiger partial charge in [0.1, 0.15) is 0 Å². The van der Waals surface area contributed by atoms with Crippen LogP contribution in [0.15, 0.2) is 63.3 Å². The fourth-order valence-corrected chi connectivity index (χ4v) is 3.83. The van der Waals surface area contributed by atoms with Crippen molar-refractivity contribution in [3.63, 3.8) is 0 Å². The number of carbonyl (C=O) groups excluding carboxylic acids is 5. The molecule has 0 aliphatic rings. The number of primary amides is 1. The molecule has 0 bridgehead atoms. The molecule has 50 heavy (non-hydrogen) atoms. The molecule has 1 amide bonds. The first-order valence-corrected chi connectivity index (χ1v) is 19.0. The quantitative estimate of drug-likeness (QED) is 0.0611. The van der Waals surface area contributed by atoms with Crippen molar-refractivity contribution >= 4 is 29.0 Å². The number of amides is 1. The van der Waals surface area contributed by atoms with Crippen molar-refractivity contribution in [2.45, 2.75) is 163 Å². The van der Waals surface area contributed by atoms with Gasteiger partial charge in [0.15, 0.2) is 23.1 Å². The molecule has 0 heterocycles.